The average Bonchev–Trinajstić information content (AvgIpc) is 3.11. The minimum absolute atomic E-state index is 0.0230. The molecule has 0 spiro atoms. The number of rotatable bonds is 8. The monoisotopic (exact) mass is 408 g/mol. The highest BCUT2D eigenvalue weighted by Crippen LogP contribution is 2.21. The summed E-state index contributed by atoms with van der Waals surface area (Å²) in [5.74, 6) is -2.03. The number of benzene rings is 2. The summed E-state index contributed by atoms with van der Waals surface area (Å²) in [6.07, 6.45) is 1.67. The number of carboxylic acids is 1. The molecule has 1 atom stereocenters. The molecule has 1 aliphatic heterocycles. The first-order valence-corrected chi connectivity index (χ1v) is 9.78. The number of ether oxygens (including phenoxy) is 1. The number of carbonyl (C=O) groups excluding carboxylic acids is 2. The Morgan fingerprint density at radius 1 is 1.07 bits per heavy atom. The van der Waals surface area contributed by atoms with Crippen molar-refractivity contribution in [1.29, 1.82) is 0 Å². The van der Waals surface area contributed by atoms with Crippen molar-refractivity contribution in [1.82, 2.24) is 10.2 Å². The van der Waals surface area contributed by atoms with Crippen molar-refractivity contribution in [3.63, 3.8) is 0 Å². The minimum atomic E-state index is -1.32. The third kappa shape index (κ3) is 5.94. The molecule has 1 aliphatic rings. The number of nitrogens with zero attached hydrogens (tertiary/aromatic N) is 1. The fraction of sp³-hybridized carbons (Fsp3) is 0.261. The quantitative estimate of drug-likeness (QED) is 0.655. The van der Waals surface area contributed by atoms with Gasteiger partial charge in [-0.2, -0.15) is 0 Å². The second-order valence-electron chi connectivity index (χ2n) is 7.03. The van der Waals surface area contributed by atoms with Crippen molar-refractivity contribution >= 4 is 18.0 Å². The lowest BCUT2D eigenvalue weighted by atomic mass is 10.1. The molecule has 1 saturated heterocycles. The van der Waals surface area contributed by atoms with Gasteiger partial charge in [0.05, 0.1) is 5.92 Å². The van der Waals surface area contributed by atoms with Crippen LogP contribution in [0.1, 0.15) is 17.5 Å². The van der Waals surface area contributed by atoms with Crippen molar-refractivity contribution in [2.24, 2.45) is 5.92 Å². The Labute approximate surface area is 175 Å². The second-order valence-corrected chi connectivity index (χ2v) is 7.03. The topological polar surface area (TPSA) is 95.9 Å². The predicted octanol–water partition coefficient (Wildman–Crippen LogP) is 2.97. The van der Waals surface area contributed by atoms with Crippen molar-refractivity contribution in [2.75, 3.05) is 13.1 Å². The van der Waals surface area contributed by atoms with Gasteiger partial charge in [-0.25, -0.2) is 9.59 Å². The number of alkyl carbamates (subject to hydrolysis) is 1. The number of carbonyl (C=O) groups is 3. The van der Waals surface area contributed by atoms with Crippen LogP contribution in [0.5, 0.6) is 0 Å². The van der Waals surface area contributed by atoms with Crippen LogP contribution in [-0.4, -0.2) is 41.1 Å². The lowest BCUT2D eigenvalue weighted by Crippen LogP contribution is -2.31. The van der Waals surface area contributed by atoms with Gasteiger partial charge in [0.1, 0.15) is 12.3 Å². The highest BCUT2D eigenvalue weighted by Gasteiger charge is 2.31. The van der Waals surface area contributed by atoms with Gasteiger partial charge in [-0.1, -0.05) is 60.7 Å². The molecule has 156 valence electrons. The Hall–Kier alpha value is -3.61. The van der Waals surface area contributed by atoms with Crippen LogP contribution in [0.2, 0.25) is 0 Å². The summed E-state index contributed by atoms with van der Waals surface area (Å²) in [5.41, 5.74) is 1.57. The number of amides is 2. The Morgan fingerprint density at radius 3 is 2.33 bits per heavy atom. The van der Waals surface area contributed by atoms with Crippen LogP contribution < -0.4 is 5.32 Å². The lowest BCUT2D eigenvalue weighted by Gasteiger charge is -2.16. The first-order chi connectivity index (χ1) is 14.5. The molecular weight excluding hydrogens is 384 g/mol. The van der Waals surface area contributed by atoms with Crippen LogP contribution in [0.15, 0.2) is 72.4 Å². The molecule has 2 amide bonds. The van der Waals surface area contributed by atoms with Gasteiger partial charge in [-0.15, -0.1) is 0 Å². The third-order valence-corrected chi connectivity index (χ3v) is 4.90. The van der Waals surface area contributed by atoms with Gasteiger partial charge in [0.15, 0.2) is 0 Å². The highest BCUT2D eigenvalue weighted by atomic mass is 16.5. The highest BCUT2D eigenvalue weighted by molar-refractivity contribution is 5.92. The Balaban J connectivity index is 1.54. The average molecular weight is 408 g/mol. The maximum atomic E-state index is 12.6. The van der Waals surface area contributed by atoms with E-state index in [1.165, 1.54) is 6.08 Å². The molecule has 2 N–H and O–H groups in total. The number of hydrogen-bond acceptors (Lipinski definition) is 4. The largest absolute Gasteiger partial charge is 0.477 e. The zero-order chi connectivity index (χ0) is 21.3. The van der Waals surface area contributed by atoms with Crippen molar-refractivity contribution in [3.8, 4) is 0 Å². The molecule has 7 heteroatoms. The first kappa shape index (κ1) is 21.1. The number of carboxylic acid groups (broad SMARTS) is 1. The number of aliphatic carboxylic acids is 1. The Bertz CT molecular complexity index is 912. The molecule has 30 heavy (non-hydrogen) atoms. The van der Waals surface area contributed by atoms with E-state index in [0.29, 0.717) is 19.5 Å². The first-order valence-electron chi connectivity index (χ1n) is 9.78. The molecule has 0 saturated carbocycles. The molecule has 2 aromatic rings. The molecule has 2 aromatic carbocycles. The van der Waals surface area contributed by atoms with E-state index in [1.807, 2.05) is 48.5 Å². The van der Waals surface area contributed by atoms with Crippen molar-refractivity contribution in [3.05, 3.63) is 83.6 Å². The summed E-state index contributed by atoms with van der Waals surface area (Å²) >= 11 is 0. The van der Waals surface area contributed by atoms with E-state index in [-0.39, 0.29) is 18.2 Å². The van der Waals surface area contributed by atoms with Crippen molar-refractivity contribution in [2.45, 2.75) is 19.4 Å². The zero-order valence-electron chi connectivity index (χ0n) is 16.5. The Kier molecular flexibility index (Phi) is 7.21. The van der Waals surface area contributed by atoms with E-state index in [1.54, 1.807) is 17.0 Å². The second kappa shape index (κ2) is 10.2. The molecular formula is C23H24N2O5. The van der Waals surface area contributed by atoms with Crippen LogP contribution in [0.25, 0.3) is 0 Å². The van der Waals surface area contributed by atoms with E-state index < -0.39 is 18.0 Å². The maximum Gasteiger partial charge on any atom is 0.412 e. The van der Waals surface area contributed by atoms with Crippen LogP contribution in [0.3, 0.4) is 0 Å². The smallest absolute Gasteiger partial charge is 0.412 e. The molecule has 0 aromatic heterocycles. The summed E-state index contributed by atoms with van der Waals surface area (Å²) in [4.78, 5) is 37.9. The zero-order valence-corrected chi connectivity index (χ0v) is 16.5. The summed E-state index contributed by atoms with van der Waals surface area (Å²) < 4.78 is 5.06. The van der Waals surface area contributed by atoms with Gasteiger partial charge in [0.2, 0.25) is 5.91 Å². The number of hydrogen-bond donors (Lipinski definition) is 2. The van der Waals surface area contributed by atoms with Crippen molar-refractivity contribution < 1.29 is 24.2 Å². The summed E-state index contributed by atoms with van der Waals surface area (Å²) in [6.45, 7) is 1.15. The van der Waals surface area contributed by atoms with Gasteiger partial charge >= 0.3 is 12.1 Å². The van der Waals surface area contributed by atoms with Crippen LogP contribution in [-0.2, 0) is 27.4 Å². The van der Waals surface area contributed by atoms with Crippen LogP contribution >= 0.6 is 0 Å². The molecule has 0 aliphatic carbocycles. The molecule has 0 radical (unpaired) electrons. The minimum Gasteiger partial charge on any atom is -0.477 e. The molecule has 0 bridgehead atoms. The molecule has 3 rings (SSSR count). The third-order valence-electron chi connectivity index (χ3n) is 4.90. The predicted molar refractivity (Wildman–Crippen MR) is 110 cm³/mol. The maximum absolute atomic E-state index is 12.6. The van der Waals surface area contributed by atoms with Gasteiger partial charge in [0, 0.05) is 13.1 Å². The number of nitrogens with one attached hydrogen (secondary N) is 1. The molecule has 1 unspecified atom stereocenters. The van der Waals surface area contributed by atoms with E-state index in [9.17, 15) is 19.5 Å². The van der Waals surface area contributed by atoms with Gasteiger partial charge in [-0.05, 0) is 30.0 Å². The van der Waals surface area contributed by atoms with E-state index >= 15 is 0 Å². The normalized spacial score (nSPS) is 16.4. The standard InChI is InChI=1S/C23H24N2O5/c26-21-19(12-14-25(21)13-11-17-7-3-1-4-8-17)15-20(22(27)28)24-23(29)30-16-18-9-5-2-6-10-18/h1-10,15,19H,11-14,16H2,(H,24,29)(H,27,28)/b20-15+. The van der Waals surface area contributed by atoms with Gasteiger partial charge in [-0.3, -0.25) is 10.1 Å². The molecule has 1 fully saturated rings. The summed E-state index contributed by atoms with van der Waals surface area (Å²) in [7, 11) is 0. The van der Waals surface area contributed by atoms with Crippen LogP contribution in [0, 0.1) is 5.92 Å². The van der Waals surface area contributed by atoms with E-state index in [0.717, 1.165) is 17.5 Å². The summed E-state index contributed by atoms with van der Waals surface area (Å²) in [6, 6.07) is 18.9. The number of likely N-dealkylation sites (tertiary alicyclic amines) is 1. The Morgan fingerprint density at radius 2 is 1.70 bits per heavy atom. The fourth-order valence-corrected chi connectivity index (χ4v) is 3.29. The van der Waals surface area contributed by atoms with E-state index in [4.69, 9.17) is 4.74 Å². The fourth-order valence-electron chi connectivity index (χ4n) is 3.29. The van der Waals surface area contributed by atoms with E-state index in [2.05, 4.69) is 5.32 Å². The lowest BCUT2D eigenvalue weighted by molar-refractivity contribution is -0.133. The SMILES string of the molecule is O=C(N/C(=C/C1CCN(CCc2ccccc2)C1=O)C(=O)O)OCc1ccccc1. The van der Waals surface area contributed by atoms with Gasteiger partial charge < -0.3 is 14.7 Å². The summed E-state index contributed by atoms with van der Waals surface area (Å²) in [5, 5.41) is 11.6. The molecule has 7 nitrogen and oxygen atoms in total. The van der Waals surface area contributed by atoms with Gasteiger partial charge in [0.25, 0.3) is 0 Å². The van der Waals surface area contributed by atoms with Crippen LogP contribution in [0.4, 0.5) is 4.79 Å². The molecule has 1 heterocycles.